The van der Waals surface area contributed by atoms with Crippen molar-refractivity contribution in [2.45, 2.75) is 6.54 Å². The predicted molar refractivity (Wildman–Crippen MR) is 89.5 cm³/mol. The van der Waals surface area contributed by atoms with Crippen LogP contribution < -0.4 is 11.1 Å². The number of carbonyl (C=O) groups excluding carboxylic acids is 2. The summed E-state index contributed by atoms with van der Waals surface area (Å²) in [7, 11) is 0. The summed E-state index contributed by atoms with van der Waals surface area (Å²) in [5.41, 5.74) is 8.19. The van der Waals surface area contributed by atoms with Gasteiger partial charge < -0.3 is 11.1 Å². The maximum atomic E-state index is 11.9. The number of rotatable bonds is 3. The van der Waals surface area contributed by atoms with Crippen LogP contribution in [0, 0.1) is 0 Å². The van der Waals surface area contributed by atoms with Crippen molar-refractivity contribution in [1.82, 2.24) is 25.1 Å². The molecule has 3 heterocycles. The molecule has 8 heteroatoms. The Balaban J connectivity index is 1.70. The van der Waals surface area contributed by atoms with Crippen LogP contribution in [0.15, 0.2) is 42.6 Å². The molecule has 2 aromatic heterocycles. The van der Waals surface area contributed by atoms with Crippen LogP contribution >= 0.6 is 0 Å². The van der Waals surface area contributed by atoms with Gasteiger partial charge in [0, 0.05) is 23.9 Å². The van der Waals surface area contributed by atoms with Crippen molar-refractivity contribution < 1.29 is 9.59 Å². The minimum Gasteiger partial charge on any atom is -0.366 e. The number of fused-ring (bicyclic) bond motifs is 1. The van der Waals surface area contributed by atoms with Crippen LogP contribution in [0.5, 0.6) is 0 Å². The van der Waals surface area contributed by atoms with Gasteiger partial charge in [0.05, 0.1) is 12.2 Å². The molecule has 8 nitrogen and oxygen atoms in total. The highest BCUT2D eigenvalue weighted by atomic mass is 16.2. The fourth-order valence-electron chi connectivity index (χ4n) is 2.69. The first-order chi connectivity index (χ1) is 12.1. The van der Waals surface area contributed by atoms with Crippen LogP contribution in [0.1, 0.15) is 20.8 Å². The number of amides is 2. The first kappa shape index (κ1) is 15.0. The zero-order chi connectivity index (χ0) is 17.4. The Labute approximate surface area is 142 Å². The second-order valence-corrected chi connectivity index (χ2v) is 5.60. The van der Waals surface area contributed by atoms with Crippen molar-refractivity contribution in [3.05, 3.63) is 53.9 Å². The van der Waals surface area contributed by atoms with Gasteiger partial charge in [-0.1, -0.05) is 12.1 Å². The Bertz CT molecular complexity index is 977. The Morgan fingerprint density at radius 2 is 1.96 bits per heavy atom. The van der Waals surface area contributed by atoms with Gasteiger partial charge in [0.2, 0.25) is 5.91 Å². The highest BCUT2D eigenvalue weighted by molar-refractivity contribution is 5.94. The predicted octanol–water partition coefficient (Wildman–Crippen LogP) is 0.849. The number of benzene rings is 1. The van der Waals surface area contributed by atoms with Crippen LogP contribution in [0.25, 0.3) is 22.8 Å². The average molecular weight is 334 g/mol. The molecular formula is C17H14N6O2. The Morgan fingerprint density at radius 1 is 1.16 bits per heavy atom. The molecule has 1 aliphatic rings. The number of hydrogen-bond donors (Lipinski definition) is 2. The van der Waals surface area contributed by atoms with Crippen LogP contribution in [-0.4, -0.2) is 38.1 Å². The quantitative estimate of drug-likeness (QED) is 0.736. The summed E-state index contributed by atoms with van der Waals surface area (Å²) in [4.78, 5) is 31.8. The van der Waals surface area contributed by atoms with Crippen LogP contribution in [0.4, 0.5) is 0 Å². The van der Waals surface area contributed by atoms with Crippen molar-refractivity contribution in [3.63, 3.8) is 0 Å². The lowest BCUT2D eigenvalue weighted by atomic mass is 10.1. The molecule has 3 aromatic rings. The molecule has 0 saturated carbocycles. The minimum absolute atomic E-state index is 0.138. The van der Waals surface area contributed by atoms with E-state index in [1.165, 1.54) is 0 Å². The molecule has 3 N–H and O–H groups in total. The van der Waals surface area contributed by atoms with E-state index in [4.69, 9.17) is 5.73 Å². The summed E-state index contributed by atoms with van der Waals surface area (Å²) in [6.45, 7) is 1.20. The fraction of sp³-hybridized carbons (Fsp3) is 0.118. The lowest BCUT2D eigenvalue weighted by molar-refractivity contribution is 0.0923. The monoisotopic (exact) mass is 334 g/mol. The summed E-state index contributed by atoms with van der Waals surface area (Å²) in [5, 5.41) is 7.23. The first-order valence-electron chi connectivity index (χ1n) is 7.71. The third-order valence-electron chi connectivity index (χ3n) is 3.97. The highest BCUT2D eigenvalue weighted by Crippen LogP contribution is 2.22. The van der Waals surface area contributed by atoms with Crippen molar-refractivity contribution in [2.24, 2.45) is 5.73 Å². The van der Waals surface area contributed by atoms with Gasteiger partial charge >= 0.3 is 0 Å². The topological polar surface area (TPSA) is 116 Å². The molecule has 4 rings (SSSR count). The summed E-state index contributed by atoms with van der Waals surface area (Å²) in [6, 6.07) is 10.2. The molecule has 0 spiro atoms. The van der Waals surface area contributed by atoms with Gasteiger partial charge in [-0.15, -0.1) is 0 Å². The van der Waals surface area contributed by atoms with Crippen molar-refractivity contribution in [1.29, 1.82) is 0 Å². The summed E-state index contributed by atoms with van der Waals surface area (Å²) >= 11 is 0. The standard InChI is InChI=1S/C17H14N6O2/c18-15(24)10-1-3-11(4-2-10)16-19-6-5-12(21-16)13-9-14-17(25)20-7-8-23(14)22-13/h1-6,9H,7-8H2,(H2,18,24)(H,20,25). The van der Waals surface area contributed by atoms with Gasteiger partial charge in [0.25, 0.3) is 5.91 Å². The van der Waals surface area contributed by atoms with Gasteiger partial charge in [0.1, 0.15) is 11.4 Å². The number of primary amides is 1. The van der Waals surface area contributed by atoms with Crippen LogP contribution in [0.2, 0.25) is 0 Å². The molecule has 0 atom stereocenters. The van der Waals surface area contributed by atoms with Crippen LogP contribution in [-0.2, 0) is 6.54 Å². The van der Waals surface area contributed by atoms with E-state index in [9.17, 15) is 9.59 Å². The Hall–Kier alpha value is -3.55. The molecule has 0 unspecified atom stereocenters. The number of aromatic nitrogens is 4. The molecule has 124 valence electrons. The van der Waals surface area contributed by atoms with Crippen molar-refractivity contribution in [2.75, 3.05) is 6.54 Å². The SMILES string of the molecule is NC(=O)c1ccc(-c2nccc(-c3cc4n(n3)CCNC4=O)n2)cc1. The van der Waals surface area contributed by atoms with E-state index < -0.39 is 5.91 Å². The third-order valence-corrected chi connectivity index (χ3v) is 3.97. The van der Waals surface area contributed by atoms with E-state index in [0.29, 0.717) is 41.6 Å². The number of hydrogen-bond acceptors (Lipinski definition) is 5. The summed E-state index contributed by atoms with van der Waals surface area (Å²) in [6.07, 6.45) is 1.64. The molecule has 0 fully saturated rings. The lowest BCUT2D eigenvalue weighted by Gasteiger charge is -2.13. The van der Waals surface area contributed by atoms with E-state index >= 15 is 0 Å². The smallest absolute Gasteiger partial charge is 0.269 e. The zero-order valence-corrected chi connectivity index (χ0v) is 13.1. The van der Waals surface area contributed by atoms with E-state index in [1.807, 2.05) is 0 Å². The van der Waals surface area contributed by atoms with E-state index in [-0.39, 0.29) is 5.91 Å². The van der Waals surface area contributed by atoms with Gasteiger partial charge in [-0.2, -0.15) is 5.10 Å². The first-order valence-corrected chi connectivity index (χ1v) is 7.71. The van der Waals surface area contributed by atoms with E-state index in [2.05, 4.69) is 20.4 Å². The second kappa shape index (κ2) is 5.82. The lowest BCUT2D eigenvalue weighted by Crippen LogP contribution is -2.35. The summed E-state index contributed by atoms with van der Waals surface area (Å²) < 4.78 is 1.68. The molecule has 0 aliphatic carbocycles. The third kappa shape index (κ3) is 2.74. The minimum atomic E-state index is -0.483. The largest absolute Gasteiger partial charge is 0.366 e. The maximum Gasteiger partial charge on any atom is 0.269 e. The number of nitrogens with two attached hydrogens (primary N) is 1. The highest BCUT2D eigenvalue weighted by Gasteiger charge is 2.20. The van der Waals surface area contributed by atoms with Crippen molar-refractivity contribution in [3.8, 4) is 22.8 Å². The second-order valence-electron chi connectivity index (χ2n) is 5.60. The van der Waals surface area contributed by atoms with Crippen LogP contribution in [0.3, 0.4) is 0 Å². The van der Waals surface area contributed by atoms with Gasteiger partial charge in [0.15, 0.2) is 5.82 Å². The number of carbonyl (C=O) groups is 2. The molecule has 0 radical (unpaired) electrons. The van der Waals surface area contributed by atoms with Gasteiger partial charge in [-0.25, -0.2) is 9.97 Å². The fourth-order valence-corrected chi connectivity index (χ4v) is 2.69. The normalized spacial score (nSPS) is 13.2. The molecule has 0 saturated heterocycles. The number of nitrogens with zero attached hydrogens (tertiary/aromatic N) is 4. The maximum absolute atomic E-state index is 11.9. The number of nitrogens with one attached hydrogen (secondary N) is 1. The molecular weight excluding hydrogens is 320 g/mol. The molecule has 0 bridgehead atoms. The molecule has 25 heavy (non-hydrogen) atoms. The molecule has 1 aromatic carbocycles. The summed E-state index contributed by atoms with van der Waals surface area (Å²) in [5.74, 6) is -0.117. The van der Waals surface area contributed by atoms with E-state index in [0.717, 1.165) is 5.56 Å². The molecule has 1 aliphatic heterocycles. The van der Waals surface area contributed by atoms with Crippen molar-refractivity contribution >= 4 is 11.8 Å². The van der Waals surface area contributed by atoms with Gasteiger partial charge in [-0.05, 0) is 24.3 Å². The Kier molecular flexibility index (Phi) is 3.50. The Morgan fingerprint density at radius 3 is 2.68 bits per heavy atom. The van der Waals surface area contributed by atoms with Gasteiger partial charge in [-0.3, -0.25) is 14.3 Å². The average Bonchev–Trinajstić information content (AvgIpc) is 3.08. The molecule has 2 amide bonds. The zero-order valence-electron chi connectivity index (χ0n) is 13.1. The van der Waals surface area contributed by atoms with E-state index in [1.54, 1.807) is 47.3 Å².